The Balaban J connectivity index is 1.97. The van der Waals surface area contributed by atoms with Gasteiger partial charge in [-0.25, -0.2) is 9.79 Å². The van der Waals surface area contributed by atoms with E-state index in [1.165, 1.54) is 83.1 Å². The van der Waals surface area contributed by atoms with Gasteiger partial charge in [-0.05, 0) is 6.42 Å². The third-order valence-corrected chi connectivity index (χ3v) is 5.57. The zero-order valence-electron chi connectivity index (χ0n) is 14.9. The van der Waals surface area contributed by atoms with E-state index < -0.39 is 6.04 Å². The van der Waals surface area contributed by atoms with Crippen molar-refractivity contribution in [1.29, 1.82) is 0 Å². The van der Waals surface area contributed by atoms with Crippen molar-refractivity contribution in [3.63, 3.8) is 0 Å². The number of unbranched alkanes of at least 4 members (excludes halogenated alkanes) is 10. The topological polar surface area (TPSA) is 64.7 Å². The largest absolute Gasteiger partial charge is 0.467 e. The van der Waals surface area contributed by atoms with Crippen molar-refractivity contribution in [2.24, 2.45) is 10.7 Å². The quantitative estimate of drug-likeness (QED) is 0.390. The summed E-state index contributed by atoms with van der Waals surface area (Å²) in [6.45, 7) is 2.26. The molecule has 0 saturated heterocycles. The molecule has 0 spiro atoms. The van der Waals surface area contributed by atoms with E-state index >= 15 is 0 Å². The maximum absolute atomic E-state index is 11.7. The monoisotopic (exact) mass is 342 g/mol. The van der Waals surface area contributed by atoms with E-state index in [0.717, 1.165) is 12.8 Å². The Morgan fingerprint density at radius 3 is 2.09 bits per heavy atom. The van der Waals surface area contributed by atoms with Crippen molar-refractivity contribution in [3.8, 4) is 0 Å². The first-order valence-electron chi connectivity index (χ1n) is 9.26. The first kappa shape index (κ1) is 20.3. The maximum Gasteiger partial charge on any atom is 0.331 e. The second-order valence-corrected chi connectivity index (χ2v) is 7.68. The molecule has 0 saturated carbocycles. The van der Waals surface area contributed by atoms with Crippen LogP contribution in [0.2, 0.25) is 0 Å². The average Bonchev–Trinajstić information content (AvgIpc) is 2.92. The molecule has 0 bridgehead atoms. The molecule has 1 rings (SSSR count). The van der Waals surface area contributed by atoms with Crippen molar-refractivity contribution < 1.29 is 9.53 Å². The Labute approximate surface area is 146 Å². The van der Waals surface area contributed by atoms with Gasteiger partial charge in [-0.2, -0.15) is 0 Å². The summed E-state index contributed by atoms with van der Waals surface area (Å²) in [5.41, 5.74) is 5.74. The molecule has 0 amide bonds. The van der Waals surface area contributed by atoms with Gasteiger partial charge in [0.1, 0.15) is 0 Å². The Bertz CT molecular complexity index is 361. The highest BCUT2D eigenvalue weighted by atomic mass is 32.2. The Hall–Kier alpha value is -0.710. The fraction of sp³-hybridized carbons (Fsp3) is 0.889. The number of esters is 1. The summed E-state index contributed by atoms with van der Waals surface area (Å²) >= 11 is 1.53. The minimum Gasteiger partial charge on any atom is -0.467 e. The van der Waals surface area contributed by atoms with Crippen molar-refractivity contribution >= 4 is 22.9 Å². The van der Waals surface area contributed by atoms with E-state index in [-0.39, 0.29) is 11.2 Å². The lowest BCUT2D eigenvalue weighted by Gasteiger charge is -2.14. The summed E-state index contributed by atoms with van der Waals surface area (Å²) < 4.78 is 4.80. The van der Waals surface area contributed by atoms with Crippen LogP contribution in [0.3, 0.4) is 0 Å². The van der Waals surface area contributed by atoms with Gasteiger partial charge in [0.25, 0.3) is 0 Å². The number of carbonyl (C=O) groups excluding carboxylic acids is 1. The van der Waals surface area contributed by atoms with Gasteiger partial charge in [0.2, 0.25) is 0 Å². The van der Waals surface area contributed by atoms with E-state index in [1.54, 1.807) is 0 Å². The van der Waals surface area contributed by atoms with Gasteiger partial charge in [-0.1, -0.05) is 89.3 Å². The molecule has 0 aromatic carbocycles. The minimum atomic E-state index is -0.395. The molecular weight excluding hydrogens is 308 g/mol. The molecule has 2 unspecified atom stereocenters. The lowest BCUT2D eigenvalue weighted by Crippen LogP contribution is -2.28. The van der Waals surface area contributed by atoms with Crippen LogP contribution < -0.4 is 5.73 Å². The van der Waals surface area contributed by atoms with Gasteiger partial charge in [-0.3, -0.25) is 0 Å². The number of nitrogens with two attached hydrogens (primary N) is 1. The number of aliphatic imine (C=N–C) groups is 1. The maximum atomic E-state index is 11.7. The highest BCUT2D eigenvalue weighted by Gasteiger charge is 2.34. The number of thioether (sulfide) groups is 1. The van der Waals surface area contributed by atoms with Crippen LogP contribution in [-0.4, -0.2) is 29.5 Å². The standard InChI is InChI=1S/C18H34N2O2S/c1-3-4-5-6-7-8-9-10-11-12-13-14-15-16(17(21)22-2)20-18(19)23-15/h15-16H,3-14H2,1-2H3,(H2,19,20). The summed E-state index contributed by atoms with van der Waals surface area (Å²) in [7, 11) is 1.41. The summed E-state index contributed by atoms with van der Waals surface area (Å²) in [4.78, 5) is 15.9. The van der Waals surface area contributed by atoms with Gasteiger partial charge in [0, 0.05) is 5.25 Å². The van der Waals surface area contributed by atoms with Crippen LogP contribution in [0.4, 0.5) is 0 Å². The molecular formula is C18H34N2O2S. The number of nitrogens with zero attached hydrogens (tertiary/aromatic N) is 1. The molecule has 0 aromatic heterocycles. The third-order valence-electron chi connectivity index (χ3n) is 4.43. The second kappa shape index (κ2) is 12.7. The zero-order chi connectivity index (χ0) is 16.9. The molecule has 1 aliphatic heterocycles. The third kappa shape index (κ3) is 8.63. The highest BCUT2D eigenvalue weighted by molar-refractivity contribution is 8.14. The van der Waals surface area contributed by atoms with E-state index in [0.29, 0.717) is 5.17 Å². The molecule has 5 heteroatoms. The number of methoxy groups -OCH3 is 1. The second-order valence-electron chi connectivity index (χ2n) is 6.42. The molecule has 0 aromatic rings. The summed E-state index contributed by atoms with van der Waals surface area (Å²) in [5, 5.41) is 0.689. The van der Waals surface area contributed by atoms with Gasteiger partial charge in [-0.15, -0.1) is 0 Å². The molecule has 134 valence electrons. The molecule has 1 aliphatic rings. The van der Waals surface area contributed by atoms with Crippen molar-refractivity contribution in [3.05, 3.63) is 0 Å². The Morgan fingerprint density at radius 2 is 1.57 bits per heavy atom. The molecule has 23 heavy (non-hydrogen) atoms. The van der Waals surface area contributed by atoms with E-state index in [1.807, 2.05) is 0 Å². The molecule has 0 aliphatic carbocycles. The minimum absolute atomic E-state index is 0.168. The normalized spacial score (nSPS) is 20.5. The zero-order valence-corrected chi connectivity index (χ0v) is 15.7. The molecule has 0 radical (unpaired) electrons. The van der Waals surface area contributed by atoms with Crippen LogP contribution >= 0.6 is 11.8 Å². The summed E-state index contributed by atoms with van der Waals surface area (Å²) in [6.07, 6.45) is 15.7. The fourth-order valence-corrected chi connectivity index (χ4v) is 4.09. The predicted molar refractivity (Wildman–Crippen MR) is 99.9 cm³/mol. The SMILES string of the molecule is CCCCCCCCCCCCCC1SC(N)=NC1C(=O)OC. The number of rotatable bonds is 13. The number of ether oxygens (including phenoxy) is 1. The number of carbonyl (C=O) groups is 1. The van der Waals surface area contributed by atoms with Crippen molar-refractivity contribution in [2.75, 3.05) is 7.11 Å². The first-order valence-corrected chi connectivity index (χ1v) is 10.1. The lowest BCUT2D eigenvalue weighted by molar-refractivity contribution is -0.142. The number of hydrogen-bond acceptors (Lipinski definition) is 5. The molecule has 2 N–H and O–H groups in total. The summed E-state index contributed by atoms with van der Waals surface area (Å²) in [5.74, 6) is -0.258. The van der Waals surface area contributed by atoms with Crippen LogP contribution in [-0.2, 0) is 9.53 Å². The molecule has 4 nitrogen and oxygen atoms in total. The van der Waals surface area contributed by atoms with Crippen molar-refractivity contribution in [2.45, 2.75) is 95.3 Å². The highest BCUT2D eigenvalue weighted by Crippen LogP contribution is 2.30. The summed E-state index contributed by atoms with van der Waals surface area (Å²) in [6, 6.07) is -0.395. The fourth-order valence-electron chi connectivity index (χ4n) is 3.02. The van der Waals surface area contributed by atoms with Gasteiger partial charge in [0.15, 0.2) is 11.2 Å². The average molecular weight is 343 g/mol. The van der Waals surface area contributed by atoms with Crippen LogP contribution in [0.5, 0.6) is 0 Å². The van der Waals surface area contributed by atoms with E-state index in [4.69, 9.17) is 10.5 Å². The number of hydrogen-bond donors (Lipinski definition) is 1. The van der Waals surface area contributed by atoms with Crippen LogP contribution in [0.25, 0.3) is 0 Å². The van der Waals surface area contributed by atoms with Gasteiger partial charge >= 0.3 is 5.97 Å². The van der Waals surface area contributed by atoms with E-state index in [2.05, 4.69) is 11.9 Å². The molecule has 0 fully saturated rings. The van der Waals surface area contributed by atoms with Crippen LogP contribution in [0, 0.1) is 0 Å². The Kier molecular flexibility index (Phi) is 11.2. The van der Waals surface area contributed by atoms with Gasteiger partial charge < -0.3 is 10.5 Å². The first-order chi connectivity index (χ1) is 11.2. The predicted octanol–water partition coefficient (Wildman–Crippen LogP) is 4.66. The van der Waals surface area contributed by atoms with Crippen LogP contribution in [0.1, 0.15) is 84.0 Å². The van der Waals surface area contributed by atoms with Crippen molar-refractivity contribution in [1.82, 2.24) is 0 Å². The van der Waals surface area contributed by atoms with Crippen LogP contribution in [0.15, 0.2) is 4.99 Å². The lowest BCUT2D eigenvalue weighted by atomic mass is 10.0. The Morgan fingerprint density at radius 1 is 1.04 bits per heavy atom. The van der Waals surface area contributed by atoms with Gasteiger partial charge in [0.05, 0.1) is 7.11 Å². The molecule has 2 atom stereocenters. The number of amidine groups is 1. The van der Waals surface area contributed by atoms with E-state index in [9.17, 15) is 4.79 Å². The smallest absolute Gasteiger partial charge is 0.331 e. The molecule has 1 heterocycles.